The molecule has 1 aliphatic rings. The van der Waals surface area contributed by atoms with Crippen LogP contribution < -0.4 is 10.6 Å². The van der Waals surface area contributed by atoms with Gasteiger partial charge in [-0.15, -0.1) is 0 Å². The molecule has 0 spiro atoms. The van der Waals surface area contributed by atoms with E-state index < -0.39 is 11.8 Å². The minimum atomic E-state index is -0.519. The van der Waals surface area contributed by atoms with Crippen LogP contribution in [-0.2, 0) is 16.0 Å². The van der Waals surface area contributed by atoms with Gasteiger partial charge in [-0.05, 0) is 61.3 Å². The Balaban J connectivity index is 1.85. The molecule has 2 amide bonds. The van der Waals surface area contributed by atoms with E-state index >= 15 is 0 Å². The minimum absolute atomic E-state index is 0.00303. The number of hydrogen-bond donors (Lipinski definition) is 2. The number of nitrogens with one attached hydrogen (secondary N) is 2. The first-order valence-corrected chi connectivity index (χ1v) is 8.84. The van der Waals surface area contributed by atoms with E-state index in [1.54, 1.807) is 6.07 Å². The lowest BCUT2D eigenvalue weighted by molar-refractivity contribution is -0.123. The van der Waals surface area contributed by atoms with Crippen molar-refractivity contribution in [3.05, 3.63) is 74.8 Å². The highest BCUT2D eigenvalue weighted by molar-refractivity contribution is 7.80. The molecule has 6 heteroatoms. The molecule has 2 aromatic carbocycles. The van der Waals surface area contributed by atoms with E-state index in [0.717, 1.165) is 5.56 Å². The lowest BCUT2D eigenvalue weighted by Gasteiger charge is -2.16. The van der Waals surface area contributed by atoms with E-state index in [0.29, 0.717) is 17.0 Å². The van der Waals surface area contributed by atoms with Crippen molar-refractivity contribution in [1.29, 1.82) is 0 Å². The second kappa shape index (κ2) is 7.40. The maximum absolute atomic E-state index is 11.9. The quantitative estimate of drug-likeness (QED) is 0.484. The lowest BCUT2D eigenvalue weighted by atomic mass is 9.99. The normalized spacial score (nSPS) is 14.1. The maximum Gasteiger partial charge on any atom is 0.263 e. The number of halogens is 1. The fraction of sp³-hybridized carbons (Fsp3) is 0.150. The molecular weight excluding hydrogens is 368 g/mol. The van der Waals surface area contributed by atoms with Crippen LogP contribution in [0.25, 0.3) is 6.08 Å². The molecule has 1 aliphatic heterocycles. The minimum Gasteiger partial charge on any atom is -0.299 e. The van der Waals surface area contributed by atoms with E-state index in [9.17, 15) is 9.59 Å². The fourth-order valence-electron chi connectivity index (χ4n) is 2.96. The topological polar surface area (TPSA) is 58.2 Å². The molecule has 2 aromatic rings. The van der Waals surface area contributed by atoms with Crippen LogP contribution in [0.1, 0.15) is 27.8 Å². The molecule has 0 bridgehead atoms. The predicted octanol–water partition coefficient (Wildman–Crippen LogP) is 3.46. The molecule has 0 radical (unpaired) electrons. The number of carbonyl (C=O) groups excluding carboxylic acids is 2. The Bertz CT molecular complexity index is 924. The first-order chi connectivity index (χ1) is 12.3. The zero-order valence-electron chi connectivity index (χ0n) is 14.4. The molecule has 3 rings (SSSR count). The standard InChI is InChI=1S/C20H17ClN2O2S/c1-11-5-12(2)7-14(6-11)8-15-4-3-13(10-17(15)21)9-16-18(24)22-20(26)23-19(16)25/h3-7,9-10H,8H2,1-2H3,(H2,22,23,24,25,26). The number of thiocarbonyl (C=S) groups is 1. The van der Waals surface area contributed by atoms with Gasteiger partial charge in [0, 0.05) is 5.02 Å². The monoisotopic (exact) mass is 384 g/mol. The van der Waals surface area contributed by atoms with E-state index in [2.05, 4.69) is 42.7 Å². The Morgan fingerprint density at radius 1 is 1.00 bits per heavy atom. The molecule has 2 N–H and O–H groups in total. The van der Waals surface area contributed by atoms with Crippen LogP contribution in [0.4, 0.5) is 0 Å². The zero-order chi connectivity index (χ0) is 18.8. The van der Waals surface area contributed by atoms with E-state index in [1.807, 2.05) is 12.1 Å². The second-order valence-electron chi connectivity index (χ2n) is 6.32. The van der Waals surface area contributed by atoms with Gasteiger partial charge in [-0.3, -0.25) is 20.2 Å². The summed E-state index contributed by atoms with van der Waals surface area (Å²) in [6, 6.07) is 11.9. The summed E-state index contributed by atoms with van der Waals surface area (Å²) in [6.45, 7) is 4.14. The number of benzene rings is 2. The molecule has 1 heterocycles. The van der Waals surface area contributed by atoms with Crippen LogP contribution in [-0.4, -0.2) is 16.9 Å². The number of rotatable bonds is 3. The third-order valence-corrected chi connectivity index (χ3v) is 4.56. The number of amides is 2. The highest BCUT2D eigenvalue weighted by Gasteiger charge is 2.25. The van der Waals surface area contributed by atoms with Crippen molar-refractivity contribution in [2.75, 3.05) is 0 Å². The molecular formula is C20H17ClN2O2S. The van der Waals surface area contributed by atoms with Gasteiger partial charge in [0.25, 0.3) is 11.8 Å². The number of carbonyl (C=O) groups is 2. The van der Waals surface area contributed by atoms with Crippen molar-refractivity contribution < 1.29 is 9.59 Å². The number of aryl methyl sites for hydroxylation is 2. The average molecular weight is 385 g/mol. The van der Waals surface area contributed by atoms with Crippen molar-refractivity contribution >= 4 is 46.8 Å². The largest absolute Gasteiger partial charge is 0.299 e. The first kappa shape index (κ1) is 18.3. The van der Waals surface area contributed by atoms with Crippen LogP contribution in [0.2, 0.25) is 5.02 Å². The van der Waals surface area contributed by atoms with Crippen LogP contribution in [0.15, 0.2) is 42.0 Å². The number of hydrogen-bond acceptors (Lipinski definition) is 3. The van der Waals surface area contributed by atoms with Gasteiger partial charge in [0.1, 0.15) is 5.57 Å². The van der Waals surface area contributed by atoms with Crippen LogP contribution in [0, 0.1) is 13.8 Å². The van der Waals surface area contributed by atoms with E-state index in [1.165, 1.54) is 22.8 Å². The molecule has 0 atom stereocenters. The summed E-state index contributed by atoms with van der Waals surface area (Å²) >= 11 is 11.2. The van der Waals surface area contributed by atoms with Gasteiger partial charge in [-0.2, -0.15) is 0 Å². The highest BCUT2D eigenvalue weighted by atomic mass is 35.5. The fourth-order valence-corrected chi connectivity index (χ4v) is 3.40. The Morgan fingerprint density at radius 2 is 1.62 bits per heavy atom. The van der Waals surface area contributed by atoms with Crippen molar-refractivity contribution in [2.24, 2.45) is 0 Å². The van der Waals surface area contributed by atoms with E-state index in [-0.39, 0.29) is 10.7 Å². The zero-order valence-corrected chi connectivity index (χ0v) is 15.9. The van der Waals surface area contributed by atoms with Gasteiger partial charge < -0.3 is 0 Å². The van der Waals surface area contributed by atoms with Crippen LogP contribution >= 0.6 is 23.8 Å². The molecule has 0 aromatic heterocycles. The van der Waals surface area contributed by atoms with Gasteiger partial charge in [-0.1, -0.05) is 53.1 Å². The van der Waals surface area contributed by atoms with Crippen molar-refractivity contribution in [3.8, 4) is 0 Å². The molecule has 4 nitrogen and oxygen atoms in total. The molecule has 1 saturated heterocycles. The maximum atomic E-state index is 11.9. The predicted molar refractivity (Wildman–Crippen MR) is 107 cm³/mol. The van der Waals surface area contributed by atoms with Gasteiger partial charge in [-0.25, -0.2) is 0 Å². The van der Waals surface area contributed by atoms with Gasteiger partial charge >= 0.3 is 0 Å². The second-order valence-corrected chi connectivity index (χ2v) is 7.13. The molecule has 1 fully saturated rings. The first-order valence-electron chi connectivity index (χ1n) is 8.06. The lowest BCUT2D eigenvalue weighted by Crippen LogP contribution is -2.51. The summed E-state index contributed by atoms with van der Waals surface area (Å²) in [4.78, 5) is 23.8. The van der Waals surface area contributed by atoms with Crippen LogP contribution in [0.5, 0.6) is 0 Å². The third kappa shape index (κ3) is 4.18. The van der Waals surface area contributed by atoms with Gasteiger partial charge in [0.05, 0.1) is 0 Å². The Morgan fingerprint density at radius 3 is 2.19 bits per heavy atom. The van der Waals surface area contributed by atoms with Gasteiger partial charge in [0.2, 0.25) is 0 Å². The summed E-state index contributed by atoms with van der Waals surface area (Å²) in [5.74, 6) is -1.04. The molecule has 26 heavy (non-hydrogen) atoms. The van der Waals surface area contributed by atoms with Gasteiger partial charge in [0.15, 0.2) is 5.11 Å². The molecule has 132 valence electrons. The van der Waals surface area contributed by atoms with Crippen molar-refractivity contribution in [3.63, 3.8) is 0 Å². The highest BCUT2D eigenvalue weighted by Crippen LogP contribution is 2.23. The molecule has 0 saturated carbocycles. The summed E-state index contributed by atoms with van der Waals surface area (Å²) in [5, 5.41) is 5.42. The Hall–Kier alpha value is -2.50. The van der Waals surface area contributed by atoms with E-state index in [4.69, 9.17) is 23.8 Å². The summed E-state index contributed by atoms with van der Waals surface area (Å²) in [7, 11) is 0. The summed E-state index contributed by atoms with van der Waals surface area (Å²) in [6.07, 6.45) is 2.21. The van der Waals surface area contributed by atoms with Crippen molar-refractivity contribution in [2.45, 2.75) is 20.3 Å². The third-order valence-electron chi connectivity index (χ3n) is 4.01. The SMILES string of the molecule is Cc1cc(C)cc(Cc2ccc(C=C3C(=O)NC(=S)NC3=O)cc2Cl)c1. The van der Waals surface area contributed by atoms with Crippen LogP contribution in [0.3, 0.4) is 0 Å². The summed E-state index contributed by atoms with van der Waals surface area (Å²) in [5.41, 5.74) is 5.27. The molecule has 0 aliphatic carbocycles. The smallest absolute Gasteiger partial charge is 0.263 e. The molecule has 0 unspecified atom stereocenters. The Kier molecular flexibility index (Phi) is 5.20. The summed E-state index contributed by atoms with van der Waals surface area (Å²) < 4.78 is 0. The average Bonchev–Trinajstić information content (AvgIpc) is 2.52. The Labute approximate surface area is 162 Å². The van der Waals surface area contributed by atoms with Crippen molar-refractivity contribution in [1.82, 2.24) is 10.6 Å².